The smallest absolute Gasteiger partial charge is 0.241 e. The summed E-state index contributed by atoms with van der Waals surface area (Å²) in [4.78, 5) is 13.3. The normalized spacial score (nSPS) is 14.5. The number of halogens is 2. The molecule has 0 atom stereocenters. The van der Waals surface area contributed by atoms with Crippen LogP contribution in [0.15, 0.2) is 18.2 Å². The lowest BCUT2D eigenvalue weighted by atomic mass is 10.3. The van der Waals surface area contributed by atoms with Crippen molar-refractivity contribution in [2.45, 2.75) is 18.9 Å². The zero-order valence-electron chi connectivity index (χ0n) is 9.54. The number of hydrogen-bond donors (Lipinski definition) is 1. The topological polar surface area (TPSA) is 32.3 Å². The SMILES string of the molecule is CN(C(=O)CNc1cc(F)ccc1F)C1CC1. The zero-order valence-corrected chi connectivity index (χ0v) is 9.54. The molecule has 1 aromatic carbocycles. The summed E-state index contributed by atoms with van der Waals surface area (Å²) in [6, 6.07) is 3.44. The fourth-order valence-electron chi connectivity index (χ4n) is 1.59. The highest BCUT2D eigenvalue weighted by molar-refractivity contribution is 5.81. The summed E-state index contributed by atoms with van der Waals surface area (Å²) in [6.07, 6.45) is 2.05. The summed E-state index contributed by atoms with van der Waals surface area (Å²) in [6.45, 7) is -0.0205. The first-order valence-electron chi connectivity index (χ1n) is 5.52. The third-order valence-corrected chi connectivity index (χ3v) is 2.85. The number of anilines is 1. The van der Waals surface area contributed by atoms with Crippen molar-refractivity contribution in [3.8, 4) is 0 Å². The maximum atomic E-state index is 13.2. The van der Waals surface area contributed by atoms with E-state index in [0.29, 0.717) is 6.04 Å². The van der Waals surface area contributed by atoms with Gasteiger partial charge in [0.1, 0.15) is 11.6 Å². The van der Waals surface area contributed by atoms with Gasteiger partial charge in [-0.15, -0.1) is 0 Å². The van der Waals surface area contributed by atoms with E-state index in [4.69, 9.17) is 0 Å². The molecule has 1 aromatic rings. The third-order valence-electron chi connectivity index (χ3n) is 2.85. The highest BCUT2D eigenvalue weighted by Gasteiger charge is 2.29. The number of rotatable bonds is 4. The van der Waals surface area contributed by atoms with Gasteiger partial charge in [-0.3, -0.25) is 4.79 Å². The van der Waals surface area contributed by atoms with Crippen molar-refractivity contribution in [1.82, 2.24) is 4.90 Å². The van der Waals surface area contributed by atoms with Gasteiger partial charge in [0.15, 0.2) is 0 Å². The average Bonchev–Trinajstić information content (AvgIpc) is 3.13. The monoisotopic (exact) mass is 240 g/mol. The minimum absolute atomic E-state index is 0.0162. The van der Waals surface area contributed by atoms with E-state index in [2.05, 4.69) is 5.32 Å². The molecule has 2 rings (SSSR count). The second kappa shape index (κ2) is 4.69. The van der Waals surface area contributed by atoms with Crippen LogP contribution in [0.3, 0.4) is 0 Å². The van der Waals surface area contributed by atoms with Gasteiger partial charge in [-0.1, -0.05) is 0 Å². The lowest BCUT2D eigenvalue weighted by molar-refractivity contribution is -0.128. The van der Waals surface area contributed by atoms with E-state index in [9.17, 15) is 13.6 Å². The highest BCUT2D eigenvalue weighted by atomic mass is 19.1. The van der Waals surface area contributed by atoms with E-state index >= 15 is 0 Å². The zero-order chi connectivity index (χ0) is 12.4. The second-order valence-electron chi connectivity index (χ2n) is 4.21. The van der Waals surface area contributed by atoms with Crippen LogP contribution in [0.1, 0.15) is 12.8 Å². The molecule has 1 saturated carbocycles. The van der Waals surface area contributed by atoms with Crippen LogP contribution in [0.5, 0.6) is 0 Å². The van der Waals surface area contributed by atoms with Crippen molar-refractivity contribution in [3.05, 3.63) is 29.8 Å². The molecule has 0 heterocycles. The second-order valence-corrected chi connectivity index (χ2v) is 4.21. The van der Waals surface area contributed by atoms with Crippen LogP contribution in [-0.2, 0) is 4.79 Å². The van der Waals surface area contributed by atoms with Crippen molar-refractivity contribution < 1.29 is 13.6 Å². The van der Waals surface area contributed by atoms with Crippen molar-refractivity contribution in [1.29, 1.82) is 0 Å². The van der Waals surface area contributed by atoms with Crippen LogP contribution in [0.25, 0.3) is 0 Å². The van der Waals surface area contributed by atoms with Gasteiger partial charge in [0.25, 0.3) is 0 Å². The molecule has 0 bridgehead atoms. The molecule has 0 spiro atoms. The molecule has 1 amide bonds. The Bertz CT molecular complexity index is 433. The Kier molecular flexibility index (Phi) is 3.26. The Labute approximate surface area is 98.4 Å². The average molecular weight is 240 g/mol. The minimum atomic E-state index is -0.562. The molecule has 0 radical (unpaired) electrons. The van der Waals surface area contributed by atoms with E-state index in [1.54, 1.807) is 11.9 Å². The van der Waals surface area contributed by atoms with Gasteiger partial charge in [-0.25, -0.2) is 8.78 Å². The maximum Gasteiger partial charge on any atom is 0.241 e. The Balaban J connectivity index is 1.92. The summed E-state index contributed by atoms with van der Waals surface area (Å²) in [5, 5.41) is 2.61. The van der Waals surface area contributed by atoms with Crippen LogP contribution >= 0.6 is 0 Å². The fourth-order valence-corrected chi connectivity index (χ4v) is 1.59. The number of likely N-dealkylation sites (N-methyl/N-ethyl adjacent to an activating group) is 1. The van der Waals surface area contributed by atoms with Crippen molar-refractivity contribution in [2.75, 3.05) is 18.9 Å². The van der Waals surface area contributed by atoms with Crippen molar-refractivity contribution in [3.63, 3.8) is 0 Å². The molecule has 0 aliphatic heterocycles. The molecule has 1 N–H and O–H groups in total. The molecule has 0 saturated heterocycles. The summed E-state index contributed by atoms with van der Waals surface area (Å²) < 4.78 is 26.1. The predicted molar refractivity (Wildman–Crippen MR) is 60.6 cm³/mol. The number of carbonyl (C=O) groups excluding carboxylic acids is 1. The number of hydrogen-bond acceptors (Lipinski definition) is 2. The lowest BCUT2D eigenvalue weighted by Crippen LogP contribution is -2.33. The number of nitrogens with zero attached hydrogens (tertiary/aromatic N) is 1. The molecule has 1 fully saturated rings. The molecule has 3 nitrogen and oxygen atoms in total. The van der Waals surface area contributed by atoms with Crippen molar-refractivity contribution >= 4 is 11.6 Å². The molecule has 5 heteroatoms. The molecular formula is C12H14F2N2O. The molecule has 17 heavy (non-hydrogen) atoms. The molecule has 92 valence electrons. The van der Waals surface area contributed by atoms with Gasteiger partial charge in [0, 0.05) is 13.1 Å². The lowest BCUT2D eigenvalue weighted by Gasteiger charge is -2.17. The van der Waals surface area contributed by atoms with Crippen LogP contribution < -0.4 is 5.32 Å². The molecule has 1 aliphatic carbocycles. The third kappa shape index (κ3) is 2.93. The number of amides is 1. The van der Waals surface area contributed by atoms with E-state index in [0.717, 1.165) is 31.0 Å². The summed E-state index contributed by atoms with van der Waals surface area (Å²) in [7, 11) is 1.73. The quantitative estimate of drug-likeness (QED) is 0.873. The van der Waals surface area contributed by atoms with Gasteiger partial charge in [-0.2, -0.15) is 0 Å². The first-order chi connectivity index (χ1) is 8.08. The molecule has 0 unspecified atom stereocenters. The van der Waals surface area contributed by atoms with Gasteiger partial charge < -0.3 is 10.2 Å². The summed E-state index contributed by atoms with van der Waals surface area (Å²) in [5.74, 6) is -1.21. The van der Waals surface area contributed by atoms with Crippen LogP contribution in [-0.4, -0.2) is 30.4 Å². The van der Waals surface area contributed by atoms with Gasteiger partial charge >= 0.3 is 0 Å². The fraction of sp³-hybridized carbons (Fsp3) is 0.417. The van der Waals surface area contributed by atoms with Gasteiger partial charge in [0.05, 0.1) is 12.2 Å². The Hall–Kier alpha value is -1.65. The molecule has 1 aliphatic rings. The number of benzene rings is 1. The summed E-state index contributed by atoms with van der Waals surface area (Å²) >= 11 is 0. The Morgan fingerprint density at radius 1 is 1.47 bits per heavy atom. The van der Waals surface area contributed by atoms with Crippen LogP contribution in [0.4, 0.5) is 14.5 Å². The largest absolute Gasteiger partial charge is 0.374 e. The first kappa shape index (κ1) is 11.8. The van der Waals surface area contributed by atoms with E-state index in [-0.39, 0.29) is 18.1 Å². The van der Waals surface area contributed by atoms with Gasteiger partial charge in [0.2, 0.25) is 5.91 Å². The first-order valence-corrected chi connectivity index (χ1v) is 5.52. The van der Waals surface area contributed by atoms with Gasteiger partial charge in [-0.05, 0) is 31.0 Å². The Morgan fingerprint density at radius 2 is 2.18 bits per heavy atom. The number of nitrogens with one attached hydrogen (secondary N) is 1. The highest BCUT2D eigenvalue weighted by Crippen LogP contribution is 2.25. The van der Waals surface area contributed by atoms with Crippen LogP contribution in [0, 0.1) is 11.6 Å². The standard InChI is InChI=1S/C12H14F2N2O/c1-16(9-3-4-9)12(17)7-15-11-6-8(13)2-5-10(11)14/h2,5-6,9,15H,3-4,7H2,1H3. The maximum absolute atomic E-state index is 13.2. The molecular weight excluding hydrogens is 226 g/mol. The Morgan fingerprint density at radius 3 is 2.82 bits per heavy atom. The predicted octanol–water partition coefficient (Wildman–Crippen LogP) is 2.00. The number of carbonyl (C=O) groups is 1. The van der Waals surface area contributed by atoms with Crippen molar-refractivity contribution in [2.24, 2.45) is 0 Å². The van der Waals surface area contributed by atoms with E-state index in [1.165, 1.54) is 0 Å². The van der Waals surface area contributed by atoms with Crippen LogP contribution in [0.2, 0.25) is 0 Å². The van der Waals surface area contributed by atoms with E-state index < -0.39 is 11.6 Å². The summed E-state index contributed by atoms with van der Waals surface area (Å²) in [5.41, 5.74) is 0.0162. The van der Waals surface area contributed by atoms with E-state index in [1.807, 2.05) is 0 Å². The minimum Gasteiger partial charge on any atom is -0.374 e. The molecule has 0 aromatic heterocycles.